The largest absolute Gasteiger partial charge is 0.328 e. The summed E-state index contributed by atoms with van der Waals surface area (Å²) in [5, 5.41) is 0. The molecule has 0 N–H and O–H groups in total. The van der Waals surface area contributed by atoms with Crippen molar-refractivity contribution in [3.63, 3.8) is 0 Å². The normalized spacial score (nSPS) is 10.9. The zero-order valence-corrected chi connectivity index (χ0v) is 11.3. The summed E-state index contributed by atoms with van der Waals surface area (Å²) in [5.74, 6) is 0. The predicted octanol–water partition coefficient (Wildman–Crippen LogP) is 3.42. The molecule has 0 aliphatic rings. The minimum Gasteiger partial charge on any atom is -0.300 e. The van der Waals surface area contributed by atoms with Crippen molar-refractivity contribution < 1.29 is 0 Å². The van der Waals surface area contributed by atoms with E-state index < -0.39 is 0 Å². The average Bonchev–Trinajstić information content (AvgIpc) is 2.69. The van der Waals surface area contributed by atoms with E-state index in [2.05, 4.69) is 6.92 Å². The number of unbranched alkanes of at least 4 members (excludes halogenated alkanes) is 6. The van der Waals surface area contributed by atoms with E-state index in [9.17, 15) is 4.79 Å². The molecule has 0 saturated carbocycles. The molecule has 17 heavy (non-hydrogen) atoms. The molecule has 1 rings (SSSR count). The van der Waals surface area contributed by atoms with Gasteiger partial charge in [-0.05, 0) is 13.3 Å². The highest BCUT2D eigenvalue weighted by molar-refractivity contribution is 4.80. The molecule has 0 unspecified atom stereocenters. The summed E-state index contributed by atoms with van der Waals surface area (Å²) in [6.45, 7) is 5.88. The molecule has 0 spiro atoms. The van der Waals surface area contributed by atoms with E-state index in [-0.39, 0.29) is 5.69 Å². The number of imidazole rings is 1. The summed E-state index contributed by atoms with van der Waals surface area (Å²) in [7, 11) is 0. The van der Waals surface area contributed by atoms with Crippen LogP contribution in [-0.4, -0.2) is 9.13 Å². The van der Waals surface area contributed by atoms with Crippen molar-refractivity contribution in [2.24, 2.45) is 0 Å². The van der Waals surface area contributed by atoms with Crippen LogP contribution in [0.25, 0.3) is 0 Å². The Bertz CT molecular complexity index is 351. The fourth-order valence-corrected chi connectivity index (χ4v) is 2.10. The molecule has 0 aliphatic heterocycles. The van der Waals surface area contributed by atoms with Crippen molar-refractivity contribution >= 4 is 0 Å². The maximum atomic E-state index is 11.7. The molecule has 0 fully saturated rings. The standard InChI is InChI=1S/C14H26N2O/c1-3-5-6-7-8-9-10-11-16-13-12-15(4-2)14(16)17/h12-13H,3-11H2,1-2H3. The third kappa shape index (κ3) is 4.80. The van der Waals surface area contributed by atoms with Gasteiger partial charge in [0, 0.05) is 25.5 Å². The SMILES string of the molecule is CCCCCCCCCn1ccn(CC)c1=O. The highest BCUT2D eigenvalue weighted by atomic mass is 16.1. The van der Waals surface area contributed by atoms with Crippen molar-refractivity contribution in [1.29, 1.82) is 0 Å². The van der Waals surface area contributed by atoms with Gasteiger partial charge in [-0.15, -0.1) is 0 Å². The van der Waals surface area contributed by atoms with Crippen LogP contribution >= 0.6 is 0 Å². The Hall–Kier alpha value is -0.990. The molecule has 1 heterocycles. The molecule has 0 saturated heterocycles. The maximum absolute atomic E-state index is 11.7. The topological polar surface area (TPSA) is 26.9 Å². The van der Waals surface area contributed by atoms with E-state index in [4.69, 9.17) is 0 Å². The Balaban J connectivity index is 2.14. The minimum absolute atomic E-state index is 0.137. The number of aryl methyl sites for hydroxylation is 2. The van der Waals surface area contributed by atoms with Gasteiger partial charge in [-0.1, -0.05) is 45.4 Å². The fraction of sp³-hybridized carbons (Fsp3) is 0.786. The van der Waals surface area contributed by atoms with Crippen molar-refractivity contribution in [3.8, 4) is 0 Å². The number of nitrogens with zero attached hydrogens (tertiary/aromatic N) is 2. The second kappa shape index (κ2) is 8.15. The van der Waals surface area contributed by atoms with Crippen LogP contribution in [0.4, 0.5) is 0 Å². The lowest BCUT2D eigenvalue weighted by Crippen LogP contribution is -2.23. The van der Waals surface area contributed by atoms with Gasteiger partial charge in [-0.3, -0.25) is 9.13 Å². The van der Waals surface area contributed by atoms with Crippen LogP contribution in [0.2, 0.25) is 0 Å². The van der Waals surface area contributed by atoms with Gasteiger partial charge in [0.25, 0.3) is 0 Å². The molecular formula is C14H26N2O. The Labute approximate surface area is 104 Å². The van der Waals surface area contributed by atoms with Gasteiger partial charge < -0.3 is 0 Å². The van der Waals surface area contributed by atoms with Gasteiger partial charge >= 0.3 is 5.69 Å². The summed E-state index contributed by atoms with van der Waals surface area (Å²) in [4.78, 5) is 11.7. The van der Waals surface area contributed by atoms with Crippen LogP contribution in [0.5, 0.6) is 0 Å². The first-order valence-electron chi connectivity index (χ1n) is 7.05. The highest BCUT2D eigenvalue weighted by Crippen LogP contribution is 2.07. The first-order chi connectivity index (χ1) is 8.29. The molecule has 3 nitrogen and oxygen atoms in total. The lowest BCUT2D eigenvalue weighted by atomic mass is 10.1. The maximum Gasteiger partial charge on any atom is 0.328 e. The van der Waals surface area contributed by atoms with E-state index in [0.29, 0.717) is 0 Å². The minimum atomic E-state index is 0.137. The molecule has 0 atom stereocenters. The van der Waals surface area contributed by atoms with Crippen LogP contribution in [0.1, 0.15) is 58.8 Å². The van der Waals surface area contributed by atoms with Crippen LogP contribution < -0.4 is 5.69 Å². The van der Waals surface area contributed by atoms with Crippen LogP contribution in [0, 0.1) is 0 Å². The first kappa shape index (κ1) is 14.1. The van der Waals surface area contributed by atoms with Crippen molar-refractivity contribution in [2.45, 2.75) is 71.9 Å². The van der Waals surface area contributed by atoms with Crippen molar-refractivity contribution in [1.82, 2.24) is 9.13 Å². The lowest BCUT2D eigenvalue weighted by Gasteiger charge is -2.02. The summed E-state index contributed by atoms with van der Waals surface area (Å²) in [6, 6.07) is 0. The number of hydrogen-bond acceptors (Lipinski definition) is 1. The Morgan fingerprint density at radius 3 is 2.06 bits per heavy atom. The smallest absolute Gasteiger partial charge is 0.300 e. The van der Waals surface area contributed by atoms with E-state index in [1.54, 1.807) is 4.57 Å². The van der Waals surface area contributed by atoms with Crippen LogP contribution in [0.3, 0.4) is 0 Å². The highest BCUT2D eigenvalue weighted by Gasteiger charge is 2.00. The van der Waals surface area contributed by atoms with E-state index >= 15 is 0 Å². The van der Waals surface area contributed by atoms with Gasteiger partial charge in [-0.25, -0.2) is 4.79 Å². The lowest BCUT2D eigenvalue weighted by molar-refractivity contribution is 0.536. The average molecular weight is 238 g/mol. The molecule has 3 heteroatoms. The Morgan fingerprint density at radius 2 is 1.47 bits per heavy atom. The molecule has 0 bridgehead atoms. The Morgan fingerprint density at radius 1 is 0.882 bits per heavy atom. The quantitative estimate of drug-likeness (QED) is 0.606. The van der Waals surface area contributed by atoms with E-state index in [1.165, 1.54) is 38.5 Å². The van der Waals surface area contributed by atoms with Gasteiger partial charge in [0.15, 0.2) is 0 Å². The molecule has 0 radical (unpaired) electrons. The summed E-state index contributed by atoms with van der Waals surface area (Å²) >= 11 is 0. The third-order valence-corrected chi connectivity index (χ3v) is 3.26. The van der Waals surface area contributed by atoms with Crippen molar-refractivity contribution in [2.75, 3.05) is 0 Å². The molecule has 98 valence electrons. The molecule has 0 aromatic carbocycles. The predicted molar refractivity (Wildman–Crippen MR) is 72.4 cm³/mol. The van der Waals surface area contributed by atoms with Gasteiger partial charge in [0.05, 0.1) is 0 Å². The molecular weight excluding hydrogens is 212 g/mol. The van der Waals surface area contributed by atoms with Gasteiger partial charge in [0.2, 0.25) is 0 Å². The second-order valence-electron chi connectivity index (χ2n) is 4.68. The summed E-state index contributed by atoms with van der Waals surface area (Å²) in [5.41, 5.74) is 0.137. The van der Waals surface area contributed by atoms with Crippen LogP contribution in [-0.2, 0) is 13.1 Å². The summed E-state index contributed by atoms with van der Waals surface area (Å²) in [6.07, 6.45) is 12.8. The fourth-order valence-electron chi connectivity index (χ4n) is 2.10. The van der Waals surface area contributed by atoms with E-state index in [1.807, 2.05) is 23.9 Å². The second-order valence-corrected chi connectivity index (χ2v) is 4.68. The molecule has 0 amide bonds. The number of rotatable bonds is 9. The molecule has 1 aromatic heterocycles. The van der Waals surface area contributed by atoms with Crippen LogP contribution in [0.15, 0.2) is 17.2 Å². The third-order valence-electron chi connectivity index (χ3n) is 3.26. The Kier molecular flexibility index (Phi) is 6.75. The molecule has 0 aliphatic carbocycles. The van der Waals surface area contributed by atoms with E-state index in [0.717, 1.165) is 19.5 Å². The summed E-state index contributed by atoms with van der Waals surface area (Å²) < 4.78 is 3.58. The number of hydrogen-bond donors (Lipinski definition) is 0. The molecule has 1 aromatic rings. The van der Waals surface area contributed by atoms with Gasteiger partial charge in [-0.2, -0.15) is 0 Å². The zero-order chi connectivity index (χ0) is 12.5. The van der Waals surface area contributed by atoms with Crippen molar-refractivity contribution in [3.05, 3.63) is 22.9 Å². The first-order valence-corrected chi connectivity index (χ1v) is 7.05. The monoisotopic (exact) mass is 238 g/mol. The van der Waals surface area contributed by atoms with Gasteiger partial charge in [0.1, 0.15) is 0 Å². The zero-order valence-electron chi connectivity index (χ0n) is 11.3. The number of aromatic nitrogens is 2.